The first-order chi connectivity index (χ1) is 8.24. The summed E-state index contributed by atoms with van der Waals surface area (Å²) in [6, 6.07) is 6.61. The van der Waals surface area contributed by atoms with Gasteiger partial charge in [-0.25, -0.2) is 4.39 Å². The zero-order valence-electron chi connectivity index (χ0n) is 10.0. The third kappa shape index (κ3) is 2.53. The molecule has 1 unspecified atom stereocenters. The van der Waals surface area contributed by atoms with Gasteiger partial charge in [0.2, 0.25) is 0 Å². The van der Waals surface area contributed by atoms with Crippen molar-refractivity contribution in [2.24, 2.45) is 0 Å². The van der Waals surface area contributed by atoms with Crippen molar-refractivity contribution >= 4 is 0 Å². The molecule has 0 fully saturated rings. The van der Waals surface area contributed by atoms with Gasteiger partial charge in [0.25, 0.3) is 0 Å². The van der Waals surface area contributed by atoms with Gasteiger partial charge < -0.3 is 5.32 Å². The van der Waals surface area contributed by atoms with Gasteiger partial charge in [-0.3, -0.25) is 4.68 Å². The normalized spacial score (nSPS) is 12.6. The van der Waals surface area contributed by atoms with Crippen LogP contribution in [-0.4, -0.2) is 16.8 Å². The molecule has 1 aromatic carbocycles. The minimum absolute atomic E-state index is 0.0222. The number of halogens is 1. The molecular weight excluding hydrogens is 217 g/mol. The molecule has 0 aliphatic heterocycles. The molecule has 4 heteroatoms. The highest BCUT2D eigenvalue weighted by molar-refractivity contribution is 5.29. The lowest BCUT2D eigenvalue weighted by Crippen LogP contribution is -2.17. The molecule has 2 rings (SSSR count). The Morgan fingerprint density at radius 3 is 2.82 bits per heavy atom. The molecule has 0 saturated carbocycles. The van der Waals surface area contributed by atoms with E-state index in [2.05, 4.69) is 10.4 Å². The highest BCUT2D eigenvalue weighted by atomic mass is 19.1. The van der Waals surface area contributed by atoms with Crippen molar-refractivity contribution in [3.8, 4) is 0 Å². The van der Waals surface area contributed by atoms with E-state index in [1.54, 1.807) is 12.1 Å². The molecule has 1 aromatic heterocycles. The zero-order chi connectivity index (χ0) is 12.3. The number of nitrogens with zero attached hydrogens (tertiary/aromatic N) is 2. The Kier molecular flexibility index (Phi) is 3.54. The average molecular weight is 233 g/mol. The van der Waals surface area contributed by atoms with E-state index in [4.69, 9.17) is 0 Å². The van der Waals surface area contributed by atoms with Gasteiger partial charge in [0.05, 0.1) is 12.2 Å². The predicted molar refractivity (Wildman–Crippen MR) is 65.2 cm³/mol. The summed E-state index contributed by atoms with van der Waals surface area (Å²) < 4.78 is 15.1. The largest absolute Gasteiger partial charge is 0.309 e. The number of benzene rings is 1. The fourth-order valence-corrected chi connectivity index (χ4v) is 1.91. The van der Waals surface area contributed by atoms with E-state index < -0.39 is 0 Å². The highest BCUT2D eigenvalue weighted by Gasteiger charge is 2.14. The summed E-state index contributed by atoms with van der Waals surface area (Å²) >= 11 is 0. The fourth-order valence-electron chi connectivity index (χ4n) is 1.91. The van der Waals surface area contributed by atoms with Gasteiger partial charge in [-0.1, -0.05) is 12.1 Å². The van der Waals surface area contributed by atoms with Crippen LogP contribution >= 0.6 is 0 Å². The van der Waals surface area contributed by atoms with Crippen LogP contribution in [0.25, 0.3) is 0 Å². The lowest BCUT2D eigenvalue weighted by molar-refractivity contribution is 0.616. The van der Waals surface area contributed by atoms with Gasteiger partial charge in [0, 0.05) is 18.3 Å². The van der Waals surface area contributed by atoms with Crippen LogP contribution in [0.1, 0.15) is 24.1 Å². The predicted octanol–water partition coefficient (Wildman–Crippen LogP) is 2.35. The first-order valence-electron chi connectivity index (χ1n) is 5.69. The Hall–Kier alpha value is -1.68. The van der Waals surface area contributed by atoms with E-state index >= 15 is 0 Å². The molecule has 0 bridgehead atoms. The molecule has 3 nitrogen and oxygen atoms in total. The van der Waals surface area contributed by atoms with E-state index in [0.29, 0.717) is 0 Å². The Morgan fingerprint density at radius 1 is 1.41 bits per heavy atom. The Labute approximate surface area is 100 Å². The lowest BCUT2D eigenvalue weighted by atomic mass is 10.0. The summed E-state index contributed by atoms with van der Waals surface area (Å²) in [6.45, 7) is 2.87. The van der Waals surface area contributed by atoms with Gasteiger partial charge in [-0.05, 0) is 31.7 Å². The zero-order valence-corrected chi connectivity index (χ0v) is 10.0. The van der Waals surface area contributed by atoms with Crippen LogP contribution in [0, 0.1) is 5.82 Å². The summed E-state index contributed by atoms with van der Waals surface area (Å²) in [7, 11) is 1.86. The monoisotopic (exact) mass is 233 g/mol. The topological polar surface area (TPSA) is 29.9 Å². The van der Waals surface area contributed by atoms with Gasteiger partial charge in [-0.15, -0.1) is 0 Å². The van der Waals surface area contributed by atoms with E-state index in [1.807, 2.05) is 37.1 Å². The summed E-state index contributed by atoms with van der Waals surface area (Å²) in [4.78, 5) is 0. The third-order valence-corrected chi connectivity index (χ3v) is 2.78. The van der Waals surface area contributed by atoms with Crippen molar-refractivity contribution in [1.29, 1.82) is 0 Å². The van der Waals surface area contributed by atoms with Crippen molar-refractivity contribution in [1.82, 2.24) is 15.1 Å². The molecule has 0 amide bonds. The standard InChI is InChI=1S/C13H16FN3/c1-3-17-9-11(8-16-17)13(15-2)10-5-4-6-12(14)7-10/h4-9,13,15H,3H2,1-2H3. The van der Waals surface area contributed by atoms with E-state index in [0.717, 1.165) is 17.7 Å². The van der Waals surface area contributed by atoms with Crippen molar-refractivity contribution in [3.63, 3.8) is 0 Å². The maximum absolute atomic E-state index is 13.2. The molecule has 1 N–H and O–H groups in total. The van der Waals surface area contributed by atoms with Gasteiger partial charge >= 0.3 is 0 Å². The van der Waals surface area contributed by atoms with Crippen LogP contribution in [-0.2, 0) is 6.54 Å². The fraction of sp³-hybridized carbons (Fsp3) is 0.308. The van der Waals surface area contributed by atoms with Crippen LogP contribution in [0.3, 0.4) is 0 Å². The Morgan fingerprint density at radius 2 is 2.24 bits per heavy atom. The molecule has 0 spiro atoms. The van der Waals surface area contributed by atoms with Crippen molar-refractivity contribution in [2.45, 2.75) is 19.5 Å². The molecule has 0 aliphatic carbocycles. The first kappa shape index (κ1) is 11.8. The summed E-state index contributed by atoms with van der Waals surface area (Å²) in [5.41, 5.74) is 1.95. The molecule has 1 atom stereocenters. The van der Waals surface area contributed by atoms with Crippen LogP contribution in [0.15, 0.2) is 36.7 Å². The minimum Gasteiger partial charge on any atom is -0.309 e. The van der Waals surface area contributed by atoms with Gasteiger partial charge in [0.1, 0.15) is 5.82 Å². The summed E-state index contributed by atoms with van der Waals surface area (Å²) in [6.07, 6.45) is 3.79. The highest BCUT2D eigenvalue weighted by Crippen LogP contribution is 2.21. The second-order valence-corrected chi connectivity index (χ2v) is 3.91. The second-order valence-electron chi connectivity index (χ2n) is 3.91. The molecule has 0 aliphatic rings. The average Bonchev–Trinajstić information content (AvgIpc) is 2.79. The molecule has 90 valence electrons. The SMILES string of the molecule is CCn1cc(C(NC)c2cccc(F)c2)cn1. The lowest BCUT2D eigenvalue weighted by Gasteiger charge is -2.14. The number of hydrogen-bond donors (Lipinski definition) is 1. The van der Waals surface area contributed by atoms with Gasteiger partial charge in [0.15, 0.2) is 0 Å². The number of hydrogen-bond acceptors (Lipinski definition) is 2. The molecule has 17 heavy (non-hydrogen) atoms. The number of nitrogens with one attached hydrogen (secondary N) is 1. The maximum Gasteiger partial charge on any atom is 0.123 e. The summed E-state index contributed by atoms with van der Waals surface area (Å²) in [5, 5.41) is 7.41. The molecule has 0 saturated heterocycles. The first-order valence-corrected chi connectivity index (χ1v) is 5.69. The van der Waals surface area contributed by atoms with Crippen LogP contribution < -0.4 is 5.32 Å². The quantitative estimate of drug-likeness (QED) is 0.878. The summed E-state index contributed by atoms with van der Waals surface area (Å²) in [5.74, 6) is -0.217. The van der Waals surface area contributed by atoms with Crippen molar-refractivity contribution in [3.05, 3.63) is 53.6 Å². The van der Waals surface area contributed by atoms with Gasteiger partial charge in [-0.2, -0.15) is 5.10 Å². The number of aryl methyl sites for hydroxylation is 1. The van der Waals surface area contributed by atoms with Crippen LogP contribution in [0.5, 0.6) is 0 Å². The van der Waals surface area contributed by atoms with Crippen molar-refractivity contribution < 1.29 is 4.39 Å². The smallest absolute Gasteiger partial charge is 0.123 e. The third-order valence-electron chi connectivity index (χ3n) is 2.78. The van der Waals surface area contributed by atoms with Crippen LogP contribution in [0.2, 0.25) is 0 Å². The van der Waals surface area contributed by atoms with Crippen molar-refractivity contribution in [2.75, 3.05) is 7.05 Å². The minimum atomic E-state index is -0.217. The molecule has 0 radical (unpaired) electrons. The van der Waals surface area contributed by atoms with Crippen LogP contribution in [0.4, 0.5) is 4.39 Å². The number of aromatic nitrogens is 2. The Balaban J connectivity index is 2.33. The molecule has 2 aromatic rings. The Bertz CT molecular complexity index is 493. The maximum atomic E-state index is 13.2. The molecule has 1 heterocycles. The van der Waals surface area contributed by atoms with E-state index in [9.17, 15) is 4.39 Å². The second kappa shape index (κ2) is 5.10. The molecular formula is C13H16FN3. The van der Waals surface area contributed by atoms with E-state index in [1.165, 1.54) is 6.07 Å². The van der Waals surface area contributed by atoms with E-state index in [-0.39, 0.29) is 11.9 Å². The number of rotatable bonds is 4.